The third-order valence-corrected chi connectivity index (χ3v) is 6.47. The number of amides is 1. The van der Waals surface area contributed by atoms with E-state index in [0.717, 1.165) is 30.4 Å². The summed E-state index contributed by atoms with van der Waals surface area (Å²) >= 11 is 0. The van der Waals surface area contributed by atoms with Crippen LogP contribution in [-0.4, -0.2) is 22.0 Å². The lowest BCUT2D eigenvalue weighted by Crippen LogP contribution is -2.42. The minimum Gasteiger partial charge on any atom is -0.383 e. The molecule has 2 aromatic carbocycles. The molecule has 0 fully saturated rings. The van der Waals surface area contributed by atoms with Gasteiger partial charge in [-0.15, -0.1) is 0 Å². The Morgan fingerprint density at radius 3 is 2.50 bits per heavy atom. The number of anilines is 2. The number of fused-ring (bicyclic) bond motifs is 1. The fraction of sp³-hybridized carbons (Fsp3) is 0.370. The van der Waals surface area contributed by atoms with Gasteiger partial charge in [0.1, 0.15) is 5.82 Å². The van der Waals surface area contributed by atoms with Crippen molar-refractivity contribution in [3.05, 3.63) is 91.6 Å². The number of nitrogens with two attached hydrogens (primary N) is 1. The number of aryl methyl sites for hydroxylation is 2. The van der Waals surface area contributed by atoms with E-state index in [1.165, 1.54) is 33.4 Å². The number of nitrogens with one attached hydrogen (secondary N) is 1. The Labute approximate surface area is 199 Å². The molecule has 1 heterocycles. The zero-order valence-corrected chi connectivity index (χ0v) is 19.7. The first kappa shape index (κ1) is 23.5. The zero-order valence-electron chi connectivity index (χ0n) is 19.7. The number of hydrogen-bond acceptors (Lipinski definition) is 4. The van der Waals surface area contributed by atoms with Crippen molar-refractivity contribution in [2.45, 2.75) is 58.4 Å². The number of nitrogen functional groups attached to an aromatic ring is 1. The summed E-state index contributed by atoms with van der Waals surface area (Å²) in [7, 11) is 0. The lowest BCUT2D eigenvalue weighted by molar-refractivity contribution is -0.118. The van der Waals surface area contributed by atoms with E-state index >= 15 is 0 Å². The van der Waals surface area contributed by atoms with Crippen molar-refractivity contribution in [3.63, 3.8) is 0 Å². The fourth-order valence-electron chi connectivity index (χ4n) is 4.61. The van der Waals surface area contributed by atoms with Crippen LogP contribution < -0.4 is 21.9 Å². The van der Waals surface area contributed by atoms with Crippen LogP contribution in [0.1, 0.15) is 54.9 Å². The molecule has 178 valence electrons. The number of carbonyl (C=O) groups is 1. The van der Waals surface area contributed by atoms with Crippen LogP contribution in [0.3, 0.4) is 0 Å². The quantitative estimate of drug-likeness (QED) is 0.538. The number of benzene rings is 2. The summed E-state index contributed by atoms with van der Waals surface area (Å²) in [5.74, 6) is -0.196. The lowest BCUT2D eigenvalue weighted by atomic mass is 9.90. The Morgan fingerprint density at radius 1 is 1.03 bits per heavy atom. The number of aromatic nitrogens is 2. The predicted molar refractivity (Wildman–Crippen MR) is 135 cm³/mol. The number of rotatable bonds is 8. The van der Waals surface area contributed by atoms with Gasteiger partial charge in [-0.05, 0) is 54.4 Å². The molecule has 0 saturated carbocycles. The lowest BCUT2D eigenvalue weighted by Gasteiger charge is -2.25. The molecule has 1 amide bonds. The molecule has 1 aliphatic rings. The summed E-state index contributed by atoms with van der Waals surface area (Å²) < 4.78 is 1.32. The average Bonchev–Trinajstić information content (AvgIpc) is 2.84. The minimum absolute atomic E-state index is 0.00694. The molecule has 34 heavy (non-hydrogen) atoms. The molecule has 0 radical (unpaired) electrons. The summed E-state index contributed by atoms with van der Waals surface area (Å²) in [6.45, 7) is 2.59. The summed E-state index contributed by atoms with van der Waals surface area (Å²) in [6, 6.07) is 15.6. The molecule has 3 aromatic rings. The maximum Gasteiger partial charge on any atom is 0.330 e. The Balaban J connectivity index is 1.68. The monoisotopic (exact) mass is 460 g/mol. The highest BCUT2D eigenvalue weighted by atomic mass is 16.2. The van der Waals surface area contributed by atoms with E-state index < -0.39 is 11.2 Å². The second kappa shape index (κ2) is 10.5. The highest BCUT2D eigenvalue weighted by Gasteiger charge is 2.24. The van der Waals surface area contributed by atoms with Crippen LogP contribution >= 0.6 is 0 Å². The Morgan fingerprint density at radius 2 is 1.76 bits per heavy atom. The number of hydrogen-bond donors (Lipinski definition) is 2. The predicted octanol–water partition coefficient (Wildman–Crippen LogP) is 3.42. The maximum atomic E-state index is 13.5. The molecule has 7 heteroatoms. The zero-order chi connectivity index (χ0) is 24.1. The molecule has 0 bridgehead atoms. The second-order valence-corrected chi connectivity index (χ2v) is 8.95. The van der Waals surface area contributed by atoms with Crippen molar-refractivity contribution in [2.75, 3.05) is 17.2 Å². The van der Waals surface area contributed by atoms with E-state index in [-0.39, 0.29) is 30.4 Å². The summed E-state index contributed by atoms with van der Waals surface area (Å²) in [5.41, 5.74) is 9.67. The Kier molecular flexibility index (Phi) is 7.30. The molecule has 7 nitrogen and oxygen atoms in total. The summed E-state index contributed by atoms with van der Waals surface area (Å²) in [6.07, 6.45) is 6.23. The van der Waals surface area contributed by atoms with Gasteiger partial charge in [0.2, 0.25) is 5.91 Å². The Hall–Kier alpha value is -3.61. The van der Waals surface area contributed by atoms with E-state index in [2.05, 4.69) is 17.1 Å². The Bertz CT molecular complexity index is 1280. The largest absolute Gasteiger partial charge is 0.383 e. The normalized spacial score (nSPS) is 12.9. The summed E-state index contributed by atoms with van der Waals surface area (Å²) in [5, 5.41) is 0. The molecule has 1 aromatic heterocycles. The molecule has 3 N–H and O–H groups in total. The van der Waals surface area contributed by atoms with Gasteiger partial charge in [-0.1, -0.05) is 61.9 Å². The van der Waals surface area contributed by atoms with Crippen molar-refractivity contribution in [2.24, 2.45) is 0 Å². The average molecular weight is 461 g/mol. The second-order valence-electron chi connectivity index (χ2n) is 8.95. The number of nitrogens with zero attached hydrogens (tertiary/aromatic N) is 2. The van der Waals surface area contributed by atoms with Gasteiger partial charge in [-0.3, -0.25) is 19.1 Å². The van der Waals surface area contributed by atoms with Crippen molar-refractivity contribution in [1.82, 2.24) is 9.55 Å². The van der Waals surface area contributed by atoms with Gasteiger partial charge in [0.15, 0.2) is 5.69 Å². The smallest absolute Gasteiger partial charge is 0.330 e. The number of unbranched alkanes of at least 4 members (excludes halogenated alkanes) is 1. The SMILES string of the molecule is CCCCN(C(=O)Cc1ccc2c(c1)CCCC2)c1c(N)n(Cc2ccccc2)c(=O)[nH]c1=O. The van der Waals surface area contributed by atoms with Crippen molar-refractivity contribution >= 4 is 17.4 Å². The molecule has 0 saturated heterocycles. The van der Waals surface area contributed by atoms with E-state index in [9.17, 15) is 14.4 Å². The van der Waals surface area contributed by atoms with Gasteiger partial charge in [-0.2, -0.15) is 0 Å². The van der Waals surface area contributed by atoms with Gasteiger partial charge < -0.3 is 10.6 Å². The third kappa shape index (κ3) is 5.14. The number of aromatic amines is 1. The van der Waals surface area contributed by atoms with Crippen LogP contribution in [0, 0.1) is 0 Å². The fourth-order valence-corrected chi connectivity index (χ4v) is 4.61. The standard InChI is InChI=1S/C27H32N4O3/c1-2-3-15-30(23(32)17-20-13-14-21-11-7-8-12-22(21)16-20)24-25(28)31(27(34)29-26(24)33)18-19-9-5-4-6-10-19/h4-6,9-10,13-14,16H,2-3,7-8,11-12,15,17-18,28H2,1H3,(H,29,33,34). The van der Waals surface area contributed by atoms with Gasteiger partial charge in [0, 0.05) is 6.54 Å². The molecule has 0 spiro atoms. The highest BCUT2D eigenvalue weighted by molar-refractivity contribution is 5.96. The third-order valence-electron chi connectivity index (χ3n) is 6.47. The van der Waals surface area contributed by atoms with E-state index in [4.69, 9.17) is 5.73 Å². The van der Waals surface area contributed by atoms with Crippen LogP contribution in [-0.2, 0) is 30.6 Å². The molecular formula is C27H32N4O3. The first-order chi connectivity index (χ1) is 16.5. The topological polar surface area (TPSA) is 101 Å². The van der Waals surface area contributed by atoms with Gasteiger partial charge in [-0.25, -0.2) is 4.79 Å². The van der Waals surface area contributed by atoms with Crippen LogP contribution in [0.2, 0.25) is 0 Å². The van der Waals surface area contributed by atoms with Gasteiger partial charge >= 0.3 is 5.69 Å². The number of carbonyl (C=O) groups excluding carboxylic acids is 1. The van der Waals surface area contributed by atoms with E-state index in [0.29, 0.717) is 13.0 Å². The van der Waals surface area contributed by atoms with Crippen molar-refractivity contribution < 1.29 is 4.79 Å². The first-order valence-corrected chi connectivity index (χ1v) is 12.1. The number of H-pyrrole nitrogens is 1. The maximum absolute atomic E-state index is 13.5. The molecule has 4 rings (SSSR count). The van der Waals surface area contributed by atoms with Crippen LogP contribution in [0.25, 0.3) is 0 Å². The molecule has 1 aliphatic carbocycles. The van der Waals surface area contributed by atoms with Gasteiger partial charge in [0.05, 0.1) is 13.0 Å². The van der Waals surface area contributed by atoms with Crippen LogP contribution in [0.15, 0.2) is 58.1 Å². The van der Waals surface area contributed by atoms with Gasteiger partial charge in [0.25, 0.3) is 5.56 Å². The molecule has 0 unspecified atom stereocenters. The van der Waals surface area contributed by atoms with Crippen molar-refractivity contribution in [3.8, 4) is 0 Å². The van der Waals surface area contributed by atoms with Crippen molar-refractivity contribution in [1.29, 1.82) is 0 Å². The van der Waals surface area contributed by atoms with Crippen LogP contribution in [0.4, 0.5) is 11.5 Å². The highest BCUT2D eigenvalue weighted by Crippen LogP contribution is 2.24. The first-order valence-electron chi connectivity index (χ1n) is 12.1. The van der Waals surface area contributed by atoms with E-state index in [1.807, 2.05) is 43.3 Å². The molecule has 0 aliphatic heterocycles. The summed E-state index contributed by atoms with van der Waals surface area (Å²) in [4.78, 5) is 42.7. The van der Waals surface area contributed by atoms with E-state index in [1.54, 1.807) is 0 Å². The minimum atomic E-state index is -0.637. The molecule has 0 atom stereocenters. The molecular weight excluding hydrogens is 428 g/mol. The van der Waals surface area contributed by atoms with Crippen LogP contribution in [0.5, 0.6) is 0 Å².